The van der Waals surface area contributed by atoms with Gasteiger partial charge in [0.05, 0.1) is 11.4 Å². The molecule has 28 heavy (non-hydrogen) atoms. The van der Waals surface area contributed by atoms with Crippen molar-refractivity contribution in [3.63, 3.8) is 0 Å². The molecule has 0 bridgehead atoms. The van der Waals surface area contributed by atoms with Gasteiger partial charge in [0.1, 0.15) is 22.9 Å². The van der Waals surface area contributed by atoms with E-state index < -0.39 is 7.59 Å². The number of phenolic OH excluding ortho intramolecular Hbond substituents is 2. The Balaban J connectivity index is 2.35. The molecule has 146 valence electrons. The fourth-order valence-corrected chi connectivity index (χ4v) is 3.26. The molecule has 0 aliphatic heterocycles. The van der Waals surface area contributed by atoms with Crippen molar-refractivity contribution in [3.8, 4) is 34.0 Å². The average molecular weight is 499 g/mol. The molecule has 2 N–H and O–H groups in total. The molecule has 0 radical (unpaired) electrons. The zero-order chi connectivity index (χ0) is 20.7. The smallest absolute Gasteiger partial charge is 0.234 e. The Morgan fingerprint density at radius 2 is 0.821 bits per heavy atom. The minimum atomic E-state index is -1.93. The number of hydrogen-bond donors (Lipinski definition) is 2. The molecule has 0 saturated carbocycles. The van der Waals surface area contributed by atoms with Crippen LogP contribution in [0.5, 0.6) is 11.5 Å². The number of benzene rings is 2. The summed E-state index contributed by atoms with van der Waals surface area (Å²) < 4.78 is -3.87. The van der Waals surface area contributed by atoms with Gasteiger partial charge in [-0.15, -0.1) is 0 Å². The zero-order valence-electron chi connectivity index (χ0n) is 13.7. The molecule has 3 aromatic rings. The van der Waals surface area contributed by atoms with Gasteiger partial charge in [-0.05, 0) is 48.5 Å². The number of aromatic hydroxyl groups is 2. The minimum absolute atomic E-state index is 0.0178. The van der Waals surface area contributed by atoms with Crippen molar-refractivity contribution < 1.29 is 10.2 Å². The highest BCUT2D eigenvalue weighted by molar-refractivity contribution is 6.67. The van der Waals surface area contributed by atoms with Crippen LogP contribution in [0, 0.1) is 0 Å². The summed E-state index contributed by atoms with van der Waals surface area (Å²) in [7, 11) is 0. The molecular formula is C18H10Cl6N2O2. The largest absolute Gasteiger partial charge is 0.508 e. The minimum Gasteiger partial charge on any atom is -0.508 e. The second-order valence-corrected chi connectivity index (χ2v) is 10.3. The van der Waals surface area contributed by atoms with Crippen molar-refractivity contribution in [2.75, 3.05) is 0 Å². The van der Waals surface area contributed by atoms with E-state index in [9.17, 15) is 10.2 Å². The number of hydrogen-bond acceptors (Lipinski definition) is 4. The lowest BCUT2D eigenvalue weighted by atomic mass is 10.1. The first-order valence-electron chi connectivity index (χ1n) is 7.62. The third kappa shape index (κ3) is 4.70. The highest BCUT2D eigenvalue weighted by Crippen LogP contribution is 2.47. The molecule has 0 spiro atoms. The van der Waals surface area contributed by atoms with E-state index in [1.807, 2.05) is 0 Å². The predicted molar refractivity (Wildman–Crippen MR) is 115 cm³/mol. The normalized spacial score (nSPS) is 12.2. The zero-order valence-corrected chi connectivity index (χ0v) is 18.2. The summed E-state index contributed by atoms with van der Waals surface area (Å²) in [6, 6.07) is 12.1. The summed E-state index contributed by atoms with van der Waals surface area (Å²) in [6.07, 6.45) is 0. The highest BCUT2D eigenvalue weighted by atomic mass is 35.6. The molecule has 0 aliphatic carbocycles. The van der Waals surface area contributed by atoms with Crippen LogP contribution in [0.2, 0.25) is 0 Å². The van der Waals surface area contributed by atoms with Crippen LogP contribution in [-0.2, 0) is 7.59 Å². The number of alkyl halides is 6. The van der Waals surface area contributed by atoms with Gasteiger partial charge in [-0.3, -0.25) is 0 Å². The Hall–Kier alpha value is -1.14. The standard InChI is InChI=1S/C18H10Cl6N2O2/c19-17(20,21)15-13(9-1-5-11(27)6-2-9)25-16(18(22,23)24)14(26-15)10-3-7-12(28)8-4-10/h1-8,27-28H. The van der Waals surface area contributed by atoms with Crippen molar-refractivity contribution in [2.45, 2.75) is 7.59 Å². The van der Waals surface area contributed by atoms with Crippen LogP contribution < -0.4 is 0 Å². The van der Waals surface area contributed by atoms with Crippen LogP contribution in [0.3, 0.4) is 0 Å². The molecule has 4 nitrogen and oxygen atoms in total. The van der Waals surface area contributed by atoms with Crippen LogP contribution >= 0.6 is 69.6 Å². The quantitative estimate of drug-likeness (QED) is 0.378. The Kier molecular flexibility index (Phi) is 6.12. The van der Waals surface area contributed by atoms with E-state index in [4.69, 9.17) is 69.6 Å². The molecule has 3 rings (SSSR count). The van der Waals surface area contributed by atoms with Crippen LogP contribution in [0.25, 0.3) is 22.5 Å². The number of aromatic nitrogens is 2. The summed E-state index contributed by atoms with van der Waals surface area (Å²) in [6.45, 7) is 0. The van der Waals surface area contributed by atoms with Crippen molar-refractivity contribution in [3.05, 3.63) is 59.9 Å². The van der Waals surface area contributed by atoms with Gasteiger partial charge in [0.15, 0.2) is 0 Å². The van der Waals surface area contributed by atoms with E-state index >= 15 is 0 Å². The van der Waals surface area contributed by atoms with Gasteiger partial charge in [0, 0.05) is 11.1 Å². The van der Waals surface area contributed by atoms with Crippen LogP contribution in [-0.4, -0.2) is 20.2 Å². The maximum absolute atomic E-state index is 9.53. The number of rotatable bonds is 2. The topological polar surface area (TPSA) is 66.2 Å². The van der Waals surface area contributed by atoms with Crippen molar-refractivity contribution in [2.24, 2.45) is 0 Å². The van der Waals surface area contributed by atoms with Crippen LogP contribution in [0.4, 0.5) is 0 Å². The average Bonchev–Trinajstić information content (AvgIpc) is 2.60. The van der Waals surface area contributed by atoms with Gasteiger partial charge < -0.3 is 10.2 Å². The second-order valence-electron chi connectivity index (χ2n) is 5.71. The third-order valence-corrected chi connectivity index (χ3v) is 4.79. The lowest BCUT2D eigenvalue weighted by Gasteiger charge is -2.21. The molecule has 1 aromatic heterocycles. The maximum atomic E-state index is 9.53. The van der Waals surface area contributed by atoms with Gasteiger partial charge in [-0.2, -0.15) is 0 Å². The van der Waals surface area contributed by atoms with Crippen molar-refractivity contribution >= 4 is 69.6 Å². The monoisotopic (exact) mass is 496 g/mol. The molecule has 0 unspecified atom stereocenters. The van der Waals surface area contributed by atoms with E-state index in [1.165, 1.54) is 24.3 Å². The van der Waals surface area contributed by atoms with E-state index in [-0.39, 0.29) is 34.3 Å². The van der Waals surface area contributed by atoms with Gasteiger partial charge in [-0.25, -0.2) is 9.97 Å². The van der Waals surface area contributed by atoms with E-state index in [1.54, 1.807) is 24.3 Å². The Bertz CT molecular complexity index is 914. The molecule has 0 atom stereocenters. The summed E-state index contributed by atoms with van der Waals surface area (Å²) in [4.78, 5) is 8.91. The first-order valence-corrected chi connectivity index (χ1v) is 9.89. The summed E-state index contributed by atoms with van der Waals surface area (Å²) >= 11 is 36.8. The SMILES string of the molecule is Oc1ccc(-c2nc(C(Cl)(Cl)Cl)c(-c3ccc(O)cc3)nc2C(Cl)(Cl)Cl)cc1. The summed E-state index contributed by atoms with van der Waals surface area (Å²) in [5, 5.41) is 19.1. The number of phenols is 2. The van der Waals surface area contributed by atoms with E-state index in [0.29, 0.717) is 11.1 Å². The lowest BCUT2D eigenvalue weighted by Crippen LogP contribution is -2.16. The molecule has 0 amide bonds. The Labute approximate surface area is 190 Å². The van der Waals surface area contributed by atoms with E-state index in [0.717, 1.165) is 0 Å². The first-order chi connectivity index (χ1) is 13.0. The van der Waals surface area contributed by atoms with Gasteiger partial charge in [0.25, 0.3) is 0 Å². The molecule has 2 aromatic carbocycles. The van der Waals surface area contributed by atoms with Gasteiger partial charge in [-0.1, -0.05) is 69.6 Å². The number of halogens is 6. The lowest BCUT2D eigenvalue weighted by molar-refractivity contribution is 0.475. The molecule has 0 fully saturated rings. The molecule has 0 aliphatic rings. The van der Waals surface area contributed by atoms with Crippen LogP contribution in [0.15, 0.2) is 48.5 Å². The van der Waals surface area contributed by atoms with Gasteiger partial charge in [0.2, 0.25) is 7.59 Å². The maximum Gasteiger partial charge on any atom is 0.234 e. The molecule has 10 heteroatoms. The highest BCUT2D eigenvalue weighted by Gasteiger charge is 2.36. The fraction of sp³-hybridized carbons (Fsp3) is 0.111. The second kappa shape index (κ2) is 7.94. The fourth-order valence-electron chi connectivity index (χ4n) is 2.47. The third-order valence-electron chi connectivity index (χ3n) is 3.71. The Morgan fingerprint density at radius 3 is 1.07 bits per heavy atom. The molecule has 0 saturated heterocycles. The number of nitrogens with zero attached hydrogens (tertiary/aromatic N) is 2. The predicted octanol–water partition coefficient (Wildman–Crippen LogP) is 6.88. The van der Waals surface area contributed by atoms with E-state index in [2.05, 4.69) is 9.97 Å². The first kappa shape index (κ1) is 21.6. The molecule has 1 heterocycles. The van der Waals surface area contributed by atoms with Crippen molar-refractivity contribution in [1.82, 2.24) is 9.97 Å². The van der Waals surface area contributed by atoms with Crippen LogP contribution in [0.1, 0.15) is 11.4 Å². The summed E-state index contributed by atoms with van der Waals surface area (Å²) in [5.74, 6) is 0.101. The van der Waals surface area contributed by atoms with Crippen molar-refractivity contribution in [1.29, 1.82) is 0 Å². The molecular weight excluding hydrogens is 489 g/mol. The van der Waals surface area contributed by atoms with Gasteiger partial charge >= 0.3 is 0 Å². The summed E-state index contributed by atoms with van der Waals surface area (Å²) in [5.41, 5.74) is 1.40. The Morgan fingerprint density at radius 1 is 0.536 bits per heavy atom.